The van der Waals surface area contributed by atoms with Crippen molar-refractivity contribution < 1.29 is 9.21 Å². The third kappa shape index (κ3) is 3.03. The summed E-state index contributed by atoms with van der Waals surface area (Å²) in [4.78, 5) is 11.5. The van der Waals surface area contributed by atoms with E-state index in [4.69, 9.17) is 16.0 Å². The minimum absolute atomic E-state index is 0.133. The fourth-order valence-electron chi connectivity index (χ4n) is 0.872. The van der Waals surface area contributed by atoms with Crippen LogP contribution in [0.3, 0.4) is 0 Å². The number of alkyl halides is 1. The summed E-state index contributed by atoms with van der Waals surface area (Å²) in [6, 6.07) is 1.55. The van der Waals surface area contributed by atoms with Crippen molar-refractivity contribution in [1.29, 1.82) is 0 Å². The first-order chi connectivity index (χ1) is 6.65. The highest BCUT2D eigenvalue weighted by molar-refractivity contribution is 9.09. The Labute approximate surface area is 95.9 Å². The van der Waals surface area contributed by atoms with E-state index >= 15 is 0 Å². The van der Waals surface area contributed by atoms with Crippen molar-refractivity contribution in [3.63, 3.8) is 0 Å². The molecule has 1 aromatic heterocycles. The maximum Gasteiger partial charge on any atom is 0.256 e. The molecular formula is C9H11BrClNO2. The van der Waals surface area contributed by atoms with Crippen molar-refractivity contribution in [3.8, 4) is 0 Å². The Hall–Kier alpha value is -0.480. The summed E-state index contributed by atoms with van der Waals surface area (Å²) in [5, 5.41) is 3.75. The molecule has 1 N–H and O–H groups in total. The van der Waals surface area contributed by atoms with E-state index in [1.54, 1.807) is 6.07 Å². The van der Waals surface area contributed by atoms with Crippen molar-refractivity contribution in [2.45, 2.75) is 6.92 Å². The Morgan fingerprint density at radius 1 is 1.79 bits per heavy atom. The van der Waals surface area contributed by atoms with Crippen LogP contribution >= 0.6 is 27.5 Å². The maximum atomic E-state index is 11.5. The number of halogens is 2. The van der Waals surface area contributed by atoms with Crippen LogP contribution in [-0.4, -0.2) is 17.8 Å². The lowest BCUT2D eigenvalue weighted by atomic mass is 10.2. The monoisotopic (exact) mass is 279 g/mol. The zero-order valence-electron chi connectivity index (χ0n) is 7.72. The molecule has 0 aliphatic carbocycles. The molecule has 1 heterocycles. The highest BCUT2D eigenvalue weighted by Crippen LogP contribution is 2.16. The van der Waals surface area contributed by atoms with Gasteiger partial charge in [0.1, 0.15) is 0 Å². The fraction of sp³-hybridized carbons (Fsp3) is 0.444. The second-order valence-corrected chi connectivity index (χ2v) is 4.07. The van der Waals surface area contributed by atoms with E-state index in [9.17, 15) is 4.79 Å². The molecule has 1 unspecified atom stereocenters. The van der Waals surface area contributed by atoms with E-state index in [0.29, 0.717) is 18.0 Å². The standard InChI is InChI=1S/C9H11BrClNO2/c1-6(4-10)5-12-9(13)7-2-3-14-8(7)11/h2-3,6H,4-5H2,1H3,(H,12,13). The first-order valence-electron chi connectivity index (χ1n) is 4.22. The molecule has 1 amide bonds. The number of amides is 1. The molecule has 0 bridgehead atoms. The Kier molecular flexibility index (Phi) is 4.48. The van der Waals surface area contributed by atoms with E-state index < -0.39 is 0 Å². The van der Waals surface area contributed by atoms with Gasteiger partial charge >= 0.3 is 0 Å². The molecule has 78 valence electrons. The first kappa shape index (κ1) is 11.6. The molecule has 0 aliphatic rings. The van der Waals surface area contributed by atoms with E-state index in [0.717, 1.165) is 5.33 Å². The predicted molar refractivity (Wildman–Crippen MR) is 59.0 cm³/mol. The van der Waals surface area contributed by atoms with Gasteiger partial charge < -0.3 is 9.73 Å². The second kappa shape index (κ2) is 5.41. The van der Waals surface area contributed by atoms with Crippen LogP contribution in [0, 0.1) is 5.92 Å². The molecule has 0 radical (unpaired) electrons. The Morgan fingerprint density at radius 3 is 3.00 bits per heavy atom. The third-order valence-electron chi connectivity index (χ3n) is 1.74. The lowest BCUT2D eigenvalue weighted by Crippen LogP contribution is -2.28. The van der Waals surface area contributed by atoms with Crippen molar-refractivity contribution >= 4 is 33.4 Å². The van der Waals surface area contributed by atoms with Crippen LogP contribution in [0.15, 0.2) is 16.7 Å². The number of hydrogen-bond acceptors (Lipinski definition) is 2. The molecule has 14 heavy (non-hydrogen) atoms. The highest BCUT2D eigenvalue weighted by atomic mass is 79.9. The summed E-state index contributed by atoms with van der Waals surface area (Å²) in [5.41, 5.74) is 0.383. The minimum atomic E-state index is -0.198. The predicted octanol–water partition coefficient (Wildman–Crippen LogP) is 2.69. The van der Waals surface area contributed by atoms with Gasteiger partial charge in [0.15, 0.2) is 0 Å². The van der Waals surface area contributed by atoms with Crippen LogP contribution in [0.4, 0.5) is 0 Å². The van der Waals surface area contributed by atoms with E-state index in [1.165, 1.54) is 6.26 Å². The van der Waals surface area contributed by atoms with Crippen molar-refractivity contribution in [2.24, 2.45) is 5.92 Å². The first-order valence-corrected chi connectivity index (χ1v) is 5.72. The van der Waals surface area contributed by atoms with Crippen molar-refractivity contribution in [3.05, 3.63) is 23.1 Å². The SMILES string of the molecule is CC(CBr)CNC(=O)c1ccoc1Cl. The van der Waals surface area contributed by atoms with Crippen LogP contribution in [0.25, 0.3) is 0 Å². The number of hydrogen-bond donors (Lipinski definition) is 1. The molecule has 1 rings (SSSR count). The smallest absolute Gasteiger partial charge is 0.256 e. The van der Waals surface area contributed by atoms with Crippen LogP contribution in [0.5, 0.6) is 0 Å². The minimum Gasteiger partial charge on any atom is -0.452 e. The lowest BCUT2D eigenvalue weighted by Gasteiger charge is -2.08. The number of rotatable bonds is 4. The molecule has 1 atom stereocenters. The van der Waals surface area contributed by atoms with Crippen LogP contribution in [-0.2, 0) is 0 Å². The van der Waals surface area contributed by atoms with Crippen molar-refractivity contribution in [1.82, 2.24) is 5.32 Å². The van der Waals surface area contributed by atoms with Crippen LogP contribution < -0.4 is 5.32 Å². The van der Waals surface area contributed by atoms with Gasteiger partial charge in [-0.3, -0.25) is 4.79 Å². The number of carbonyl (C=O) groups excluding carboxylic acids is 1. The molecular weight excluding hydrogens is 269 g/mol. The van der Waals surface area contributed by atoms with Gasteiger partial charge in [-0.25, -0.2) is 0 Å². The highest BCUT2D eigenvalue weighted by Gasteiger charge is 2.12. The largest absolute Gasteiger partial charge is 0.452 e. The zero-order valence-corrected chi connectivity index (χ0v) is 10.1. The number of carbonyl (C=O) groups is 1. The Morgan fingerprint density at radius 2 is 2.50 bits per heavy atom. The van der Waals surface area contributed by atoms with Gasteiger partial charge in [0.2, 0.25) is 5.22 Å². The average Bonchev–Trinajstić information content (AvgIpc) is 2.60. The summed E-state index contributed by atoms with van der Waals surface area (Å²) in [5.74, 6) is 0.196. The molecule has 3 nitrogen and oxygen atoms in total. The van der Waals surface area contributed by atoms with E-state index in [1.807, 2.05) is 6.92 Å². The summed E-state index contributed by atoms with van der Waals surface area (Å²) in [7, 11) is 0. The summed E-state index contributed by atoms with van der Waals surface area (Å²) in [6.45, 7) is 2.65. The van der Waals surface area contributed by atoms with E-state index in [2.05, 4.69) is 21.2 Å². The Bertz CT molecular complexity index is 314. The zero-order chi connectivity index (χ0) is 10.6. The maximum absolute atomic E-state index is 11.5. The van der Waals surface area contributed by atoms with Crippen LogP contribution in [0.2, 0.25) is 5.22 Å². The van der Waals surface area contributed by atoms with Gasteiger partial charge in [-0.1, -0.05) is 22.9 Å². The molecule has 0 spiro atoms. The van der Waals surface area contributed by atoms with Gasteiger partial charge in [0, 0.05) is 11.9 Å². The van der Waals surface area contributed by atoms with E-state index in [-0.39, 0.29) is 11.1 Å². The summed E-state index contributed by atoms with van der Waals surface area (Å²) < 4.78 is 4.81. The summed E-state index contributed by atoms with van der Waals surface area (Å²) in [6.07, 6.45) is 1.39. The lowest BCUT2D eigenvalue weighted by molar-refractivity contribution is 0.0949. The molecule has 0 fully saturated rings. The third-order valence-corrected chi connectivity index (χ3v) is 3.14. The molecule has 1 aromatic rings. The van der Waals surface area contributed by atoms with Crippen LogP contribution in [0.1, 0.15) is 17.3 Å². The number of furan rings is 1. The van der Waals surface area contributed by atoms with Gasteiger partial charge in [0.25, 0.3) is 5.91 Å². The fourth-order valence-corrected chi connectivity index (χ4v) is 1.30. The van der Waals surface area contributed by atoms with Gasteiger partial charge in [-0.05, 0) is 23.6 Å². The molecule has 5 heteroatoms. The molecule has 0 saturated carbocycles. The van der Waals surface area contributed by atoms with Gasteiger partial charge in [-0.2, -0.15) is 0 Å². The normalized spacial score (nSPS) is 12.5. The van der Waals surface area contributed by atoms with Crippen molar-refractivity contribution in [2.75, 3.05) is 11.9 Å². The Balaban J connectivity index is 2.47. The average molecular weight is 281 g/mol. The molecule has 0 aromatic carbocycles. The van der Waals surface area contributed by atoms with Gasteiger partial charge in [-0.15, -0.1) is 0 Å². The topological polar surface area (TPSA) is 42.2 Å². The van der Waals surface area contributed by atoms with Gasteiger partial charge in [0.05, 0.1) is 11.8 Å². The molecule has 0 aliphatic heterocycles. The quantitative estimate of drug-likeness (QED) is 0.862. The molecule has 0 saturated heterocycles. The number of nitrogens with one attached hydrogen (secondary N) is 1. The summed E-state index contributed by atoms with van der Waals surface area (Å²) >= 11 is 8.98. The second-order valence-electron chi connectivity index (χ2n) is 3.08.